The SMILES string of the molecule is CCN(CC)c1ccc(Nc2nc(C)cc(N3CCOCC3)n2)cc1. The Kier molecular flexibility index (Phi) is 5.71. The minimum absolute atomic E-state index is 0.636. The highest BCUT2D eigenvalue weighted by Gasteiger charge is 2.14. The Morgan fingerprint density at radius 3 is 2.40 bits per heavy atom. The highest BCUT2D eigenvalue weighted by atomic mass is 16.5. The molecule has 3 rings (SSSR count). The van der Waals surface area contributed by atoms with E-state index in [1.807, 2.05) is 13.0 Å². The molecule has 1 aliphatic rings. The number of hydrogen-bond donors (Lipinski definition) is 1. The van der Waals surface area contributed by atoms with Crippen LogP contribution in [0.4, 0.5) is 23.1 Å². The molecule has 2 aromatic rings. The molecule has 0 radical (unpaired) electrons. The quantitative estimate of drug-likeness (QED) is 0.871. The molecule has 6 nitrogen and oxygen atoms in total. The van der Waals surface area contributed by atoms with Gasteiger partial charge in [-0.3, -0.25) is 0 Å². The van der Waals surface area contributed by atoms with Gasteiger partial charge in [0.25, 0.3) is 0 Å². The lowest BCUT2D eigenvalue weighted by Crippen LogP contribution is -2.36. The van der Waals surface area contributed by atoms with Crippen molar-refractivity contribution in [2.24, 2.45) is 0 Å². The van der Waals surface area contributed by atoms with Gasteiger partial charge < -0.3 is 19.9 Å². The lowest BCUT2D eigenvalue weighted by atomic mass is 10.2. The van der Waals surface area contributed by atoms with Crippen molar-refractivity contribution in [1.29, 1.82) is 0 Å². The van der Waals surface area contributed by atoms with Gasteiger partial charge in [-0.15, -0.1) is 0 Å². The first-order chi connectivity index (χ1) is 12.2. The van der Waals surface area contributed by atoms with E-state index in [0.717, 1.165) is 56.6 Å². The van der Waals surface area contributed by atoms with Crippen LogP contribution in [0.25, 0.3) is 0 Å². The highest BCUT2D eigenvalue weighted by molar-refractivity contribution is 5.60. The van der Waals surface area contributed by atoms with Gasteiger partial charge >= 0.3 is 0 Å². The Labute approximate surface area is 149 Å². The van der Waals surface area contributed by atoms with Gasteiger partial charge in [-0.2, -0.15) is 4.98 Å². The summed E-state index contributed by atoms with van der Waals surface area (Å²) in [4.78, 5) is 13.8. The average molecular weight is 341 g/mol. The molecule has 6 heteroatoms. The summed E-state index contributed by atoms with van der Waals surface area (Å²) in [5, 5.41) is 3.33. The molecule has 0 bridgehead atoms. The number of nitrogens with zero attached hydrogens (tertiary/aromatic N) is 4. The van der Waals surface area contributed by atoms with Crippen molar-refractivity contribution in [3.63, 3.8) is 0 Å². The maximum Gasteiger partial charge on any atom is 0.229 e. The van der Waals surface area contributed by atoms with Crippen molar-refractivity contribution in [1.82, 2.24) is 9.97 Å². The van der Waals surface area contributed by atoms with Gasteiger partial charge in [0.15, 0.2) is 0 Å². The molecule has 0 atom stereocenters. The maximum absolute atomic E-state index is 5.42. The van der Waals surface area contributed by atoms with Crippen LogP contribution in [-0.4, -0.2) is 49.4 Å². The van der Waals surface area contributed by atoms with Crippen molar-refractivity contribution in [3.05, 3.63) is 36.0 Å². The zero-order valence-electron chi connectivity index (χ0n) is 15.3. The number of anilines is 4. The van der Waals surface area contributed by atoms with Gasteiger partial charge in [-0.1, -0.05) is 0 Å². The second-order valence-corrected chi connectivity index (χ2v) is 6.13. The lowest BCUT2D eigenvalue weighted by molar-refractivity contribution is 0.122. The number of morpholine rings is 1. The first-order valence-electron chi connectivity index (χ1n) is 9.00. The van der Waals surface area contributed by atoms with Crippen molar-refractivity contribution in [3.8, 4) is 0 Å². The van der Waals surface area contributed by atoms with E-state index in [1.54, 1.807) is 0 Å². The predicted octanol–water partition coefficient (Wildman–Crippen LogP) is 3.21. The second kappa shape index (κ2) is 8.16. The topological polar surface area (TPSA) is 53.5 Å². The average Bonchev–Trinajstić information content (AvgIpc) is 2.64. The summed E-state index contributed by atoms with van der Waals surface area (Å²) in [7, 11) is 0. The predicted molar refractivity (Wildman–Crippen MR) is 103 cm³/mol. The van der Waals surface area contributed by atoms with Crippen molar-refractivity contribution >= 4 is 23.1 Å². The lowest BCUT2D eigenvalue weighted by Gasteiger charge is -2.28. The van der Waals surface area contributed by atoms with Gasteiger partial charge in [-0.05, 0) is 45.0 Å². The van der Waals surface area contributed by atoms with E-state index in [9.17, 15) is 0 Å². The van der Waals surface area contributed by atoms with Crippen LogP contribution >= 0.6 is 0 Å². The molecule has 25 heavy (non-hydrogen) atoms. The zero-order valence-corrected chi connectivity index (χ0v) is 15.3. The first-order valence-corrected chi connectivity index (χ1v) is 9.00. The fourth-order valence-corrected chi connectivity index (χ4v) is 3.04. The van der Waals surface area contributed by atoms with E-state index >= 15 is 0 Å². The molecule has 1 N–H and O–H groups in total. The second-order valence-electron chi connectivity index (χ2n) is 6.13. The van der Waals surface area contributed by atoms with Gasteiger partial charge in [0.2, 0.25) is 5.95 Å². The van der Waals surface area contributed by atoms with E-state index in [-0.39, 0.29) is 0 Å². The van der Waals surface area contributed by atoms with E-state index in [2.05, 4.69) is 63.2 Å². The summed E-state index contributed by atoms with van der Waals surface area (Å²) in [6.07, 6.45) is 0. The van der Waals surface area contributed by atoms with Gasteiger partial charge in [0.05, 0.1) is 13.2 Å². The number of nitrogens with one attached hydrogen (secondary N) is 1. The Morgan fingerprint density at radius 2 is 1.76 bits per heavy atom. The Morgan fingerprint density at radius 1 is 1.08 bits per heavy atom. The van der Waals surface area contributed by atoms with Crippen LogP contribution in [-0.2, 0) is 4.74 Å². The number of aryl methyl sites for hydroxylation is 1. The third-order valence-corrected chi connectivity index (χ3v) is 4.43. The molecule has 1 aliphatic heterocycles. The van der Waals surface area contributed by atoms with Crippen LogP contribution < -0.4 is 15.1 Å². The summed E-state index contributed by atoms with van der Waals surface area (Å²) in [5.74, 6) is 1.59. The van der Waals surface area contributed by atoms with Crippen LogP contribution in [0.15, 0.2) is 30.3 Å². The largest absolute Gasteiger partial charge is 0.378 e. The molecule has 1 saturated heterocycles. The van der Waals surface area contributed by atoms with E-state index in [4.69, 9.17) is 4.74 Å². The summed E-state index contributed by atoms with van der Waals surface area (Å²) < 4.78 is 5.42. The van der Waals surface area contributed by atoms with Crippen LogP contribution in [0.5, 0.6) is 0 Å². The molecule has 0 saturated carbocycles. The molecular weight excluding hydrogens is 314 g/mol. The Balaban J connectivity index is 1.75. The van der Waals surface area contributed by atoms with Gasteiger partial charge in [0, 0.05) is 49.3 Å². The number of rotatable bonds is 6. The Hall–Kier alpha value is -2.34. The number of ether oxygens (including phenoxy) is 1. The van der Waals surface area contributed by atoms with E-state index < -0.39 is 0 Å². The molecule has 1 aromatic heterocycles. The first kappa shape index (κ1) is 17.5. The van der Waals surface area contributed by atoms with Crippen LogP contribution in [0.3, 0.4) is 0 Å². The number of benzene rings is 1. The highest BCUT2D eigenvalue weighted by Crippen LogP contribution is 2.22. The molecule has 1 fully saturated rings. The zero-order chi connectivity index (χ0) is 17.6. The summed E-state index contributed by atoms with van der Waals surface area (Å²) in [6.45, 7) is 11.6. The fourth-order valence-electron chi connectivity index (χ4n) is 3.04. The molecule has 0 unspecified atom stereocenters. The van der Waals surface area contributed by atoms with Crippen molar-refractivity contribution in [2.45, 2.75) is 20.8 Å². The van der Waals surface area contributed by atoms with Gasteiger partial charge in [-0.25, -0.2) is 4.98 Å². The molecule has 2 heterocycles. The van der Waals surface area contributed by atoms with Crippen molar-refractivity contribution in [2.75, 3.05) is 54.5 Å². The molecule has 134 valence electrons. The standard InChI is InChI=1S/C19H27N5O/c1-4-23(5-2)17-8-6-16(7-9-17)21-19-20-15(3)14-18(22-19)24-10-12-25-13-11-24/h6-9,14H,4-5,10-13H2,1-3H3,(H,20,21,22). The van der Waals surface area contributed by atoms with Crippen molar-refractivity contribution < 1.29 is 4.74 Å². The maximum atomic E-state index is 5.42. The number of hydrogen-bond acceptors (Lipinski definition) is 6. The molecule has 1 aromatic carbocycles. The third kappa shape index (κ3) is 4.39. The fraction of sp³-hybridized carbons (Fsp3) is 0.474. The minimum Gasteiger partial charge on any atom is -0.378 e. The molecular formula is C19H27N5O. The van der Waals surface area contributed by atoms with Crippen LogP contribution in [0.2, 0.25) is 0 Å². The monoisotopic (exact) mass is 341 g/mol. The summed E-state index contributed by atoms with van der Waals surface area (Å²) in [6, 6.07) is 10.4. The van der Waals surface area contributed by atoms with Crippen LogP contribution in [0, 0.1) is 6.92 Å². The van der Waals surface area contributed by atoms with E-state index in [1.165, 1.54) is 5.69 Å². The summed E-state index contributed by atoms with van der Waals surface area (Å²) >= 11 is 0. The Bertz CT molecular complexity index is 679. The van der Waals surface area contributed by atoms with Gasteiger partial charge in [0.1, 0.15) is 5.82 Å². The van der Waals surface area contributed by atoms with E-state index in [0.29, 0.717) is 5.95 Å². The van der Waals surface area contributed by atoms with Crippen LogP contribution in [0.1, 0.15) is 19.5 Å². The minimum atomic E-state index is 0.636. The third-order valence-electron chi connectivity index (χ3n) is 4.43. The summed E-state index contributed by atoms with van der Waals surface area (Å²) in [5.41, 5.74) is 3.18. The smallest absolute Gasteiger partial charge is 0.229 e. The molecule has 0 spiro atoms. The number of aromatic nitrogens is 2. The molecule has 0 aliphatic carbocycles. The normalized spacial score (nSPS) is 14.4. The molecule has 0 amide bonds.